The monoisotopic (exact) mass is 577 g/mol. The first-order chi connectivity index (χ1) is 14.0. The Morgan fingerprint density at radius 3 is 2.39 bits per heavy atom. The topological polar surface area (TPSA) is 250 Å². The molecule has 0 spiro atoms. The molecule has 2 unspecified atom stereocenters. The van der Waals surface area contributed by atoms with Crippen molar-refractivity contribution in [2.75, 3.05) is 17.7 Å². The van der Waals surface area contributed by atoms with Gasteiger partial charge in [-0.2, -0.15) is 13.6 Å². The van der Waals surface area contributed by atoms with Gasteiger partial charge in [-0.15, -0.1) is 0 Å². The van der Waals surface area contributed by atoms with Crippen LogP contribution in [0.3, 0.4) is 0 Å². The van der Waals surface area contributed by atoms with E-state index in [1.54, 1.807) is 0 Å². The number of nitrogens with two attached hydrogens (primary N) is 1. The highest BCUT2D eigenvalue weighted by Gasteiger charge is 2.57. The van der Waals surface area contributed by atoms with Gasteiger partial charge in [0.25, 0.3) is 0 Å². The lowest BCUT2D eigenvalue weighted by Gasteiger charge is -2.30. The molecule has 21 heteroatoms. The van der Waals surface area contributed by atoms with Gasteiger partial charge in [-0.3, -0.25) is 9.09 Å². The second-order valence-electron chi connectivity index (χ2n) is 6.00. The fourth-order valence-electron chi connectivity index (χ4n) is 2.41. The predicted molar refractivity (Wildman–Crippen MR) is 100 cm³/mol. The molecule has 0 saturated carbocycles. The first kappa shape index (κ1) is 26.7. The van der Waals surface area contributed by atoms with Crippen LogP contribution >= 0.6 is 39.4 Å². The smallest absolute Gasteiger partial charge is 0.387 e. The van der Waals surface area contributed by atoms with E-state index in [1.165, 1.54) is 0 Å². The number of phosphoric ester groups is 1. The van der Waals surface area contributed by atoms with E-state index in [9.17, 15) is 32.9 Å². The number of ether oxygens (including phenoxy) is 1. The third-order valence-electron chi connectivity index (χ3n) is 3.71. The molecule has 16 nitrogen and oxygen atoms in total. The Balaban J connectivity index is 2.20. The van der Waals surface area contributed by atoms with Gasteiger partial charge in [-0.1, -0.05) is 15.9 Å². The second-order valence-corrected chi connectivity index (χ2v) is 11.0. The number of alkyl halides is 2. The quantitative estimate of drug-likeness (QED) is 0.160. The Bertz CT molecular complexity index is 1020. The normalized spacial score (nSPS) is 30.6. The number of hydrogen-bond acceptors (Lipinski definition) is 11. The van der Waals surface area contributed by atoms with Crippen LogP contribution in [-0.2, 0) is 31.6 Å². The number of anilines is 1. The summed E-state index contributed by atoms with van der Waals surface area (Å²) in [5.74, 6) is -0.172. The molecule has 0 radical (unpaired) electrons. The molecule has 7 N–H and O–H groups in total. The molecule has 1 aromatic rings. The SMILES string of the molecule is Nc1ccn([C@@H]2O[C@](CBr)(COP(=O)(O)OP(=O)(O)OP(=O)(O)O)[C@H](O)[C@@H]2F)c(=O)n1. The van der Waals surface area contributed by atoms with Crippen LogP contribution < -0.4 is 11.4 Å². The largest absolute Gasteiger partial charge is 0.490 e. The molecule has 178 valence electrons. The van der Waals surface area contributed by atoms with Crippen molar-refractivity contribution in [2.45, 2.75) is 24.1 Å². The summed E-state index contributed by atoms with van der Waals surface area (Å²) >= 11 is 2.90. The molecular weight excluding hydrogens is 562 g/mol. The highest BCUT2D eigenvalue weighted by atomic mass is 79.9. The summed E-state index contributed by atoms with van der Waals surface area (Å²) in [5, 5.41) is 9.81. The van der Waals surface area contributed by atoms with Gasteiger partial charge in [0.15, 0.2) is 12.4 Å². The van der Waals surface area contributed by atoms with Crippen molar-refractivity contribution in [3.05, 3.63) is 22.7 Å². The Morgan fingerprint density at radius 1 is 1.26 bits per heavy atom. The van der Waals surface area contributed by atoms with Gasteiger partial charge in [-0.25, -0.2) is 22.9 Å². The van der Waals surface area contributed by atoms with E-state index in [1.807, 2.05) is 0 Å². The highest BCUT2D eigenvalue weighted by Crippen LogP contribution is 2.66. The first-order valence-corrected chi connectivity index (χ1v) is 13.3. The van der Waals surface area contributed by atoms with E-state index in [0.717, 1.165) is 12.3 Å². The number of aromatic nitrogens is 2. The van der Waals surface area contributed by atoms with Crippen molar-refractivity contribution in [3.8, 4) is 0 Å². The Hall–Kier alpha value is -0.580. The summed E-state index contributed by atoms with van der Waals surface area (Å²) in [7, 11) is -17.0. The average Bonchev–Trinajstić information content (AvgIpc) is 2.82. The summed E-state index contributed by atoms with van der Waals surface area (Å²) in [5.41, 5.74) is 2.18. The maximum absolute atomic E-state index is 14.7. The lowest BCUT2D eigenvalue weighted by molar-refractivity contribution is -0.111. The summed E-state index contributed by atoms with van der Waals surface area (Å²) in [6.45, 7) is -1.16. The molecular formula is C10H16BrFN3O13P3. The van der Waals surface area contributed by atoms with E-state index in [0.29, 0.717) is 4.57 Å². The van der Waals surface area contributed by atoms with Crippen molar-refractivity contribution in [2.24, 2.45) is 0 Å². The molecule has 0 aromatic carbocycles. The third kappa shape index (κ3) is 6.71. The van der Waals surface area contributed by atoms with Crippen molar-refractivity contribution >= 4 is 45.2 Å². The second kappa shape index (κ2) is 9.35. The fraction of sp³-hybridized carbons (Fsp3) is 0.600. The molecule has 6 atom stereocenters. The molecule has 2 heterocycles. The van der Waals surface area contributed by atoms with Crippen molar-refractivity contribution in [1.82, 2.24) is 9.55 Å². The van der Waals surface area contributed by atoms with E-state index in [4.69, 9.17) is 25.2 Å². The molecule has 1 fully saturated rings. The predicted octanol–water partition coefficient (Wildman–Crippen LogP) is -0.470. The number of hydrogen-bond donors (Lipinski definition) is 6. The van der Waals surface area contributed by atoms with Gasteiger partial charge in [0.2, 0.25) is 0 Å². The molecule has 31 heavy (non-hydrogen) atoms. The molecule has 0 bridgehead atoms. The molecule has 1 aliphatic rings. The van der Waals surface area contributed by atoms with Crippen LogP contribution in [0.4, 0.5) is 10.2 Å². The number of nitrogen functional groups attached to an aromatic ring is 1. The summed E-state index contributed by atoms with van der Waals surface area (Å²) in [4.78, 5) is 51.0. The average molecular weight is 578 g/mol. The van der Waals surface area contributed by atoms with Gasteiger partial charge in [-0.05, 0) is 6.07 Å². The minimum Gasteiger partial charge on any atom is -0.387 e. The van der Waals surface area contributed by atoms with Gasteiger partial charge < -0.3 is 35.2 Å². The van der Waals surface area contributed by atoms with Crippen LogP contribution in [-0.4, -0.2) is 64.0 Å². The Morgan fingerprint density at radius 2 is 1.87 bits per heavy atom. The summed E-state index contributed by atoms with van der Waals surface area (Å²) in [6, 6.07) is 1.14. The molecule has 2 rings (SSSR count). The number of nitrogens with zero attached hydrogens (tertiary/aromatic N) is 2. The molecule has 1 saturated heterocycles. The van der Waals surface area contributed by atoms with Gasteiger partial charge >= 0.3 is 29.2 Å². The van der Waals surface area contributed by atoms with Gasteiger partial charge in [0.05, 0.1) is 6.61 Å². The molecule has 1 aromatic heterocycles. The van der Waals surface area contributed by atoms with Gasteiger partial charge in [0.1, 0.15) is 17.5 Å². The van der Waals surface area contributed by atoms with E-state index < -0.39 is 65.2 Å². The molecule has 0 aliphatic carbocycles. The van der Waals surface area contributed by atoms with E-state index in [-0.39, 0.29) is 5.82 Å². The van der Waals surface area contributed by atoms with Crippen molar-refractivity contribution in [3.63, 3.8) is 0 Å². The summed E-state index contributed by atoms with van der Waals surface area (Å²) in [6.07, 6.45) is -5.07. The van der Waals surface area contributed by atoms with Crippen LogP contribution in [0.25, 0.3) is 0 Å². The maximum atomic E-state index is 14.7. The van der Waals surface area contributed by atoms with Crippen LogP contribution in [0.1, 0.15) is 6.23 Å². The molecule has 1 aliphatic heterocycles. The minimum atomic E-state index is -5.78. The zero-order valence-electron chi connectivity index (χ0n) is 14.9. The van der Waals surface area contributed by atoms with Crippen LogP contribution in [0.5, 0.6) is 0 Å². The minimum absolute atomic E-state index is 0.172. The van der Waals surface area contributed by atoms with E-state index in [2.05, 4.69) is 34.1 Å². The Labute approximate surface area is 180 Å². The molecule has 0 amide bonds. The Kier molecular flexibility index (Phi) is 8.04. The fourth-order valence-corrected chi connectivity index (χ4v) is 6.12. The van der Waals surface area contributed by atoms with Crippen LogP contribution in [0.2, 0.25) is 0 Å². The number of rotatable bonds is 9. The third-order valence-corrected chi connectivity index (χ3v) is 8.44. The summed E-state index contributed by atoms with van der Waals surface area (Å²) < 4.78 is 66.1. The zero-order valence-corrected chi connectivity index (χ0v) is 19.1. The van der Waals surface area contributed by atoms with Crippen molar-refractivity contribution < 1.29 is 60.6 Å². The van der Waals surface area contributed by atoms with Crippen LogP contribution in [0, 0.1) is 0 Å². The van der Waals surface area contributed by atoms with E-state index >= 15 is 0 Å². The lowest BCUT2D eigenvalue weighted by Crippen LogP contribution is -2.47. The number of halogens is 2. The highest BCUT2D eigenvalue weighted by molar-refractivity contribution is 9.09. The number of aliphatic hydroxyl groups is 1. The van der Waals surface area contributed by atoms with Crippen molar-refractivity contribution in [1.29, 1.82) is 0 Å². The first-order valence-electron chi connectivity index (χ1n) is 7.70. The maximum Gasteiger partial charge on any atom is 0.490 e. The lowest BCUT2D eigenvalue weighted by atomic mass is 9.99. The van der Waals surface area contributed by atoms with Gasteiger partial charge in [0, 0.05) is 11.5 Å². The van der Waals surface area contributed by atoms with Crippen LogP contribution in [0.15, 0.2) is 17.1 Å². The zero-order chi connectivity index (χ0) is 23.8. The number of phosphoric acid groups is 3. The number of aliphatic hydroxyl groups excluding tert-OH is 1. The standard InChI is InChI=1S/C10H16BrFN3O13P3/c11-3-10(4-25-30(21,22)28-31(23,24)27-29(18,19)20)7(16)6(12)8(26-10)15-2-1-5(13)14-9(15)17/h1-2,6-8,16H,3-4H2,(H,21,22)(H,23,24)(H2,13,14,17)(H2,18,19,20)/t6-,7+,8+,10+/m0/s1.